The molecule has 0 aromatic rings. The smallest absolute Gasteiger partial charge is 0.234 e. The molecule has 4 fully saturated rings. The second kappa shape index (κ2) is 3.63. The molecule has 0 aromatic heterocycles. The van der Waals surface area contributed by atoms with Crippen molar-refractivity contribution in [3.63, 3.8) is 0 Å². The molecule has 120 valence electrons. The zero-order chi connectivity index (χ0) is 15.3. The summed E-state index contributed by atoms with van der Waals surface area (Å²) in [6.45, 7) is 12.6. The average molecular weight is 300 g/mol. The Morgan fingerprint density at radius 3 is 1.67 bits per heavy atom. The lowest BCUT2D eigenvalue weighted by molar-refractivity contribution is -0.277. The lowest BCUT2D eigenvalue weighted by Gasteiger charge is -2.48. The van der Waals surface area contributed by atoms with Gasteiger partial charge >= 0.3 is 0 Å². The van der Waals surface area contributed by atoms with E-state index in [9.17, 15) is 0 Å². The summed E-state index contributed by atoms with van der Waals surface area (Å²) in [5.74, 6) is -1.96. The Balaban J connectivity index is 1.60. The molecule has 0 aliphatic carbocycles. The number of ether oxygens (including phenoxy) is 6. The van der Waals surface area contributed by atoms with E-state index in [4.69, 9.17) is 28.4 Å². The van der Waals surface area contributed by atoms with Gasteiger partial charge in [0.25, 0.3) is 0 Å². The average Bonchev–Trinajstić information content (AvgIpc) is 2.59. The van der Waals surface area contributed by atoms with Gasteiger partial charge in [0.1, 0.15) is 17.8 Å². The van der Waals surface area contributed by atoms with Gasteiger partial charge in [0.05, 0.1) is 13.2 Å². The summed E-state index contributed by atoms with van der Waals surface area (Å²) < 4.78 is 35.6. The Hall–Kier alpha value is -0.240. The summed E-state index contributed by atoms with van der Waals surface area (Å²) in [4.78, 5) is 0. The molecule has 0 radical (unpaired) electrons. The van der Waals surface area contributed by atoms with Crippen LogP contribution in [0.15, 0.2) is 0 Å². The normalized spacial score (nSPS) is 52.3. The second-order valence-electron chi connectivity index (χ2n) is 7.75. The summed E-state index contributed by atoms with van der Waals surface area (Å²) >= 11 is 0. The lowest BCUT2D eigenvalue weighted by Crippen LogP contribution is -2.70. The van der Waals surface area contributed by atoms with Gasteiger partial charge in [0, 0.05) is 0 Å². The third-order valence-electron chi connectivity index (χ3n) is 4.98. The number of hydrogen-bond donors (Lipinski definition) is 0. The third-order valence-corrected chi connectivity index (χ3v) is 4.98. The molecule has 0 spiro atoms. The SMILES string of the molecule is CC1(C)OC[C@@H]([C@]23OC(C)(C)[C@@]2([C@@H]2COC(C)(C)O2)O3)O1. The maximum Gasteiger partial charge on any atom is 0.234 e. The van der Waals surface area contributed by atoms with Crippen LogP contribution in [0.5, 0.6) is 0 Å². The molecule has 21 heavy (non-hydrogen) atoms. The van der Waals surface area contributed by atoms with Crippen LogP contribution in [0, 0.1) is 0 Å². The van der Waals surface area contributed by atoms with Crippen LogP contribution in [0.4, 0.5) is 0 Å². The summed E-state index contributed by atoms with van der Waals surface area (Å²) in [5, 5.41) is 0. The molecule has 0 saturated carbocycles. The lowest BCUT2D eigenvalue weighted by atomic mass is 9.73. The molecule has 4 aliphatic heterocycles. The minimum atomic E-state index is -0.765. The van der Waals surface area contributed by atoms with E-state index in [1.165, 1.54) is 0 Å². The highest BCUT2D eigenvalue weighted by atomic mass is 16.9. The number of rotatable bonds is 2. The van der Waals surface area contributed by atoms with E-state index in [-0.39, 0.29) is 12.2 Å². The fourth-order valence-corrected chi connectivity index (χ4v) is 4.07. The molecule has 4 heterocycles. The van der Waals surface area contributed by atoms with Crippen LogP contribution in [-0.4, -0.2) is 54.0 Å². The predicted molar refractivity (Wildman–Crippen MR) is 71.5 cm³/mol. The molecular formula is C15H24O6. The predicted octanol–water partition coefficient (Wildman–Crippen LogP) is 1.56. The summed E-state index contributed by atoms with van der Waals surface area (Å²) in [7, 11) is 0. The first kappa shape index (κ1) is 14.4. The zero-order valence-corrected chi connectivity index (χ0v) is 13.5. The Bertz CT molecular complexity index is 487. The quantitative estimate of drug-likeness (QED) is 0.721. The topological polar surface area (TPSA) is 58.7 Å². The van der Waals surface area contributed by atoms with Crippen molar-refractivity contribution < 1.29 is 28.4 Å². The van der Waals surface area contributed by atoms with E-state index in [2.05, 4.69) is 0 Å². The van der Waals surface area contributed by atoms with Gasteiger partial charge < -0.3 is 28.4 Å². The molecule has 4 rings (SSSR count). The van der Waals surface area contributed by atoms with Crippen molar-refractivity contribution in [2.24, 2.45) is 0 Å². The molecular weight excluding hydrogens is 276 g/mol. The molecule has 6 heteroatoms. The highest BCUT2D eigenvalue weighted by molar-refractivity contribution is 5.34. The van der Waals surface area contributed by atoms with Gasteiger partial charge in [-0.05, 0) is 41.5 Å². The van der Waals surface area contributed by atoms with Gasteiger partial charge in [-0.3, -0.25) is 0 Å². The Kier molecular flexibility index (Phi) is 2.48. The zero-order valence-electron chi connectivity index (χ0n) is 13.5. The maximum absolute atomic E-state index is 6.14. The van der Waals surface area contributed by atoms with Crippen molar-refractivity contribution in [3.05, 3.63) is 0 Å². The Morgan fingerprint density at radius 2 is 1.24 bits per heavy atom. The van der Waals surface area contributed by atoms with E-state index in [1.807, 2.05) is 41.5 Å². The van der Waals surface area contributed by atoms with Gasteiger partial charge in [-0.1, -0.05) is 0 Å². The van der Waals surface area contributed by atoms with Gasteiger partial charge in [0.15, 0.2) is 17.2 Å². The minimum absolute atomic E-state index is 0.163. The van der Waals surface area contributed by atoms with Crippen molar-refractivity contribution in [3.8, 4) is 0 Å². The number of fused-ring (bicyclic) bond motifs is 1. The van der Waals surface area contributed by atoms with Crippen LogP contribution in [0.1, 0.15) is 41.5 Å². The first-order valence-electron chi connectivity index (χ1n) is 7.58. The Labute approximate surface area is 125 Å². The first-order chi connectivity index (χ1) is 9.54. The fraction of sp³-hybridized carbons (Fsp3) is 1.00. The molecule has 0 aromatic carbocycles. The molecule has 0 N–H and O–H groups in total. The largest absolute Gasteiger partial charge is 0.348 e. The van der Waals surface area contributed by atoms with Crippen LogP contribution in [-0.2, 0) is 28.4 Å². The highest BCUT2D eigenvalue weighted by Gasteiger charge is 2.95. The van der Waals surface area contributed by atoms with Crippen LogP contribution in [0.25, 0.3) is 0 Å². The standard InChI is InChI=1S/C15H24O6/c1-11(2)14(9-7-16-12(3,4)18-9)15(20-11,21-14)10-8-17-13(5,6)19-10/h9-10H,7-8H2,1-6H3/t9-,10-,14+,15+/m0/s1. The van der Waals surface area contributed by atoms with Gasteiger partial charge in [-0.25, -0.2) is 0 Å². The van der Waals surface area contributed by atoms with E-state index in [1.54, 1.807) is 0 Å². The van der Waals surface area contributed by atoms with Crippen LogP contribution >= 0.6 is 0 Å². The second-order valence-corrected chi connectivity index (χ2v) is 7.75. The molecule has 0 unspecified atom stereocenters. The van der Waals surface area contributed by atoms with E-state index >= 15 is 0 Å². The number of epoxide rings is 1. The van der Waals surface area contributed by atoms with Crippen molar-refractivity contribution in [2.75, 3.05) is 13.2 Å². The molecule has 4 saturated heterocycles. The van der Waals surface area contributed by atoms with Crippen molar-refractivity contribution >= 4 is 0 Å². The van der Waals surface area contributed by atoms with Crippen molar-refractivity contribution in [2.45, 2.75) is 82.3 Å². The molecule has 4 aliphatic rings. The molecule has 4 atom stereocenters. The van der Waals surface area contributed by atoms with Gasteiger partial charge in [-0.15, -0.1) is 0 Å². The first-order valence-corrected chi connectivity index (χ1v) is 7.58. The summed E-state index contributed by atoms with van der Waals surface area (Å²) in [6, 6.07) is 0. The highest BCUT2D eigenvalue weighted by Crippen LogP contribution is 2.72. The van der Waals surface area contributed by atoms with E-state index in [0.717, 1.165) is 0 Å². The van der Waals surface area contributed by atoms with E-state index < -0.39 is 28.6 Å². The van der Waals surface area contributed by atoms with Crippen molar-refractivity contribution in [1.82, 2.24) is 0 Å². The molecule has 0 bridgehead atoms. The van der Waals surface area contributed by atoms with E-state index in [0.29, 0.717) is 13.2 Å². The third kappa shape index (κ3) is 1.63. The Morgan fingerprint density at radius 1 is 0.714 bits per heavy atom. The monoisotopic (exact) mass is 300 g/mol. The van der Waals surface area contributed by atoms with Crippen LogP contribution in [0.2, 0.25) is 0 Å². The van der Waals surface area contributed by atoms with Crippen molar-refractivity contribution in [1.29, 1.82) is 0 Å². The van der Waals surface area contributed by atoms with Gasteiger partial charge in [0.2, 0.25) is 5.79 Å². The summed E-state index contributed by atoms with van der Waals surface area (Å²) in [5.41, 5.74) is -0.959. The fourth-order valence-electron chi connectivity index (χ4n) is 4.07. The maximum atomic E-state index is 6.14. The molecule has 0 amide bonds. The number of hydrogen-bond acceptors (Lipinski definition) is 6. The van der Waals surface area contributed by atoms with Gasteiger partial charge in [-0.2, -0.15) is 0 Å². The van der Waals surface area contributed by atoms with Crippen LogP contribution < -0.4 is 0 Å². The van der Waals surface area contributed by atoms with Crippen LogP contribution in [0.3, 0.4) is 0 Å². The minimum Gasteiger partial charge on any atom is -0.348 e. The molecule has 6 nitrogen and oxygen atoms in total. The summed E-state index contributed by atoms with van der Waals surface area (Å²) in [6.07, 6.45) is -0.406.